The van der Waals surface area contributed by atoms with Crippen LogP contribution in [0.5, 0.6) is 5.75 Å². The van der Waals surface area contributed by atoms with Crippen LogP contribution in [0.15, 0.2) is 40.9 Å². The van der Waals surface area contributed by atoms with Gasteiger partial charge in [-0.05, 0) is 48.9 Å². The Bertz CT molecular complexity index is 1310. The summed E-state index contributed by atoms with van der Waals surface area (Å²) in [6, 6.07) is 11.0. The summed E-state index contributed by atoms with van der Waals surface area (Å²) in [5, 5.41) is 13.2. The summed E-state index contributed by atoms with van der Waals surface area (Å²) in [4.78, 5) is 18.7. The third kappa shape index (κ3) is 4.87. The van der Waals surface area contributed by atoms with Gasteiger partial charge >= 0.3 is 0 Å². The van der Waals surface area contributed by atoms with Gasteiger partial charge in [0, 0.05) is 30.1 Å². The molecular weight excluding hydrogens is 460 g/mol. The molecule has 0 bridgehead atoms. The third-order valence-corrected chi connectivity index (χ3v) is 5.86. The van der Waals surface area contributed by atoms with Crippen molar-refractivity contribution in [3.63, 3.8) is 0 Å². The number of rotatable bonds is 7. The highest BCUT2D eigenvalue weighted by Gasteiger charge is 2.18. The van der Waals surface area contributed by atoms with Gasteiger partial charge in [0.25, 0.3) is 5.89 Å². The van der Waals surface area contributed by atoms with Crippen molar-refractivity contribution < 1.29 is 18.8 Å². The second-order valence-corrected chi connectivity index (χ2v) is 8.41. The zero-order valence-corrected chi connectivity index (χ0v) is 19.4. The fraction of sp³-hybridized carbons (Fsp3) is 0.348. The number of aromatic nitrogens is 5. The highest BCUT2D eigenvalue weighted by atomic mass is 35.5. The molecule has 1 aliphatic rings. The molecule has 34 heavy (non-hydrogen) atoms. The second-order valence-electron chi connectivity index (χ2n) is 7.97. The van der Waals surface area contributed by atoms with Crippen LogP contribution in [0.25, 0.3) is 22.4 Å². The molecule has 3 heterocycles. The summed E-state index contributed by atoms with van der Waals surface area (Å²) in [7, 11) is 0. The number of carbonyl (C=O) groups excluding carboxylic acids is 1. The maximum absolute atomic E-state index is 12.4. The van der Waals surface area contributed by atoms with Crippen LogP contribution in [-0.4, -0.2) is 62.2 Å². The van der Waals surface area contributed by atoms with Crippen molar-refractivity contribution in [1.29, 1.82) is 0 Å². The lowest BCUT2D eigenvalue weighted by Gasteiger charge is -2.26. The lowest BCUT2D eigenvalue weighted by molar-refractivity contribution is -0.135. The second kappa shape index (κ2) is 9.78. The highest BCUT2D eigenvalue weighted by molar-refractivity contribution is 6.30. The maximum Gasteiger partial charge on any atom is 0.264 e. The van der Waals surface area contributed by atoms with Crippen LogP contribution >= 0.6 is 11.6 Å². The van der Waals surface area contributed by atoms with Gasteiger partial charge in [-0.15, -0.1) is 5.10 Å². The van der Waals surface area contributed by atoms with Gasteiger partial charge in [-0.1, -0.05) is 22.0 Å². The van der Waals surface area contributed by atoms with Gasteiger partial charge in [-0.25, -0.2) is 4.68 Å². The number of fused-ring (bicyclic) bond motifs is 1. The first-order valence-corrected chi connectivity index (χ1v) is 11.4. The average molecular weight is 483 g/mol. The van der Waals surface area contributed by atoms with Crippen molar-refractivity contribution in [3.05, 3.63) is 52.9 Å². The molecule has 0 saturated carbocycles. The molecule has 176 valence electrons. The van der Waals surface area contributed by atoms with Gasteiger partial charge in [0.05, 0.1) is 25.3 Å². The molecule has 1 saturated heterocycles. The van der Waals surface area contributed by atoms with Crippen LogP contribution < -0.4 is 4.74 Å². The Labute approximate surface area is 200 Å². The van der Waals surface area contributed by atoms with E-state index < -0.39 is 0 Å². The van der Waals surface area contributed by atoms with E-state index in [4.69, 9.17) is 25.6 Å². The number of morpholine rings is 1. The predicted molar refractivity (Wildman–Crippen MR) is 123 cm³/mol. The normalized spacial score (nSPS) is 14.0. The maximum atomic E-state index is 12.4. The number of carbonyl (C=O) groups is 1. The van der Waals surface area contributed by atoms with Gasteiger partial charge in [-0.2, -0.15) is 4.98 Å². The molecule has 1 fully saturated rings. The molecule has 0 aliphatic carbocycles. The Morgan fingerprint density at radius 2 is 2.03 bits per heavy atom. The standard InChI is InChI=1S/C23H23ClN6O4/c1-15-12-17(24)3-5-20(15)33-14-21-25-23(27-34-21)16-2-4-19-18(13-16)26-28-30(19)7-6-22(31)29-8-10-32-11-9-29/h2-5,12-13H,6-11,14H2,1H3. The van der Waals surface area contributed by atoms with E-state index in [0.29, 0.717) is 67.3 Å². The molecule has 0 unspecified atom stereocenters. The monoisotopic (exact) mass is 482 g/mol. The summed E-state index contributed by atoms with van der Waals surface area (Å²) in [6.07, 6.45) is 0.363. The fourth-order valence-electron chi connectivity index (χ4n) is 3.79. The summed E-state index contributed by atoms with van der Waals surface area (Å²) >= 11 is 5.98. The van der Waals surface area contributed by atoms with Crippen molar-refractivity contribution in [1.82, 2.24) is 30.0 Å². The fourth-order valence-corrected chi connectivity index (χ4v) is 4.02. The Hall–Kier alpha value is -3.50. The third-order valence-electron chi connectivity index (χ3n) is 5.63. The van der Waals surface area contributed by atoms with Gasteiger partial charge in [-0.3, -0.25) is 4.79 Å². The minimum atomic E-state index is 0.0962. The smallest absolute Gasteiger partial charge is 0.264 e. The van der Waals surface area contributed by atoms with E-state index in [1.165, 1.54) is 0 Å². The van der Waals surface area contributed by atoms with Crippen LogP contribution in [-0.2, 0) is 22.7 Å². The van der Waals surface area contributed by atoms with Gasteiger partial charge in [0.2, 0.25) is 11.7 Å². The van der Waals surface area contributed by atoms with Gasteiger partial charge < -0.3 is 18.9 Å². The highest BCUT2D eigenvalue weighted by Crippen LogP contribution is 2.24. The number of amides is 1. The first-order valence-electron chi connectivity index (χ1n) is 11.0. The molecule has 5 rings (SSSR count). The minimum Gasteiger partial charge on any atom is -0.483 e. The van der Waals surface area contributed by atoms with Gasteiger partial charge in [0.15, 0.2) is 6.61 Å². The first kappa shape index (κ1) is 22.3. The summed E-state index contributed by atoms with van der Waals surface area (Å²) in [6.45, 7) is 4.97. The van der Waals surface area contributed by atoms with Crippen molar-refractivity contribution in [2.45, 2.75) is 26.5 Å². The van der Waals surface area contributed by atoms with Crippen LogP contribution in [0.1, 0.15) is 17.9 Å². The number of hydrogen-bond donors (Lipinski definition) is 0. The van der Waals surface area contributed by atoms with Crippen molar-refractivity contribution in [2.24, 2.45) is 0 Å². The molecule has 11 heteroatoms. The zero-order valence-electron chi connectivity index (χ0n) is 18.6. The van der Waals surface area contributed by atoms with Crippen molar-refractivity contribution in [3.8, 4) is 17.1 Å². The molecule has 0 N–H and O–H groups in total. The van der Waals surface area contributed by atoms with Crippen molar-refractivity contribution in [2.75, 3.05) is 26.3 Å². The van der Waals surface area contributed by atoms with E-state index in [2.05, 4.69) is 20.5 Å². The molecule has 4 aromatic rings. The van der Waals surface area contributed by atoms with Crippen molar-refractivity contribution >= 4 is 28.5 Å². The number of hydrogen-bond acceptors (Lipinski definition) is 8. The van der Waals surface area contributed by atoms with E-state index in [0.717, 1.165) is 16.6 Å². The summed E-state index contributed by atoms with van der Waals surface area (Å²) in [5.74, 6) is 1.59. The van der Waals surface area contributed by atoms with E-state index in [9.17, 15) is 4.79 Å². The molecule has 0 atom stereocenters. The molecule has 0 spiro atoms. The largest absolute Gasteiger partial charge is 0.483 e. The number of halogens is 1. The number of nitrogens with zero attached hydrogens (tertiary/aromatic N) is 6. The van der Waals surface area contributed by atoms with E-state index in [1.807, 2.05) is 36.1 Å². The number of benzene rings is 2. The van der Waals surface area contributed by atoms with E-state index in [-0.39, 0.29) is 12.5 Å². The SMILES string of the molecule is Cc1cc(Cl)ccc1OCc1nc(-c2ccc3c(c2)nnn3CCC(=O)N2CCOCC2)no1. The van der Waals surface area contributed by atoms with Gasteiger partial charge in [0.1, 0.15) is 11.3 Å². The summed E-state index contributed by atoms with van der Waals surface area (Å²) in [5.41, 5.74) is 3.20. The molecule has 0 radical (unpaired) electrons. The predicted octanol–water partition coefficient (Wildman–Crippen LogP) is 3.27. The molecule has 1 aliphatic heterocycles. The lowest BCUT2D eigenvalue weighted by atomic mass is 10.2. The first-order chi connectivity index (χ1) is 16.6. The van der Waals surface area contributed by atoms with E-state index >= 15 is 0 Å². The molecule has 2 aromatic heterocycles. The molecule has 1 amide bonds. The Balaban J connectivity index is 1.23. The lowest BCUT2D eigenvalue weighted by Crippen LogP contribution is -2.41. The topological polar surface area (TPSA) is 108 Å². The Kier molecular flexibility index (Phi) is 6.41. The van der Waals surface area contributed by atoms with E-state index in [1.54, 1.807) is 16.8 Å². The quantitative estimate of drug-likeness (QED) is 0.395. The summed E-state index contributed by atoms with van der Waals surface area (Å²) < 4.78 is 18.1. The molecule has 10 nitrogen and oxygen atoms in total. The minimum absolute atomic E-state index is 0.0962. The van der Waals surface area contributed by atoms with Crippen LogP contribution in [0.2, 0.25) is 5.02 Å². The van der Waals surface area contributed by atoms with Crippen LogP contribution in [0.4, 0.5) is 0 Å². The van der Waals surface area contributed by atoms with Crippen LogP contribution in [0, 0.1) is 6.92 Å². The molecule has 2 aromatic carbocycles. The Morgan fingerprint density at radius 3 is 2.85 bits per heavy atom. The zero-order chi connectivity index (χ0) is 23.5. The van der Waals surface area contributed by atoms with Crippen LogP contribution in [0.3, 0.4) is 0 Å². The number of ether oxygens (including phenoxy) is 2. The Morgan fingerprint density at radius 1 is 1.18 bits per heavy atom. The number of aryl methyl sites for hydroxylation is 2. The average Bonchev–Trinajstić information content (AvgIpc) is 3.49. The molecular formula is C23H23ClN6O4.